The molecule has 0 radical (unpaired) electrons. The van der Waals surface area contributed by atoms with E-state index in [-0.39, 0.29) is 0 Å². The van der Waals surface area contributed by atoms with Gasteiger partial charge in [0.2, 0.25) is 0 Å². The normalized spacial score (nSPS) is 12.2. The van der Waals surface area contributed by atoms with Crippen LogP contribution < -0.4 is 0 Å². The lowest BCUT2D eigenvalue weighted by Crippen LogP contribution is -2.06. The van der Waals surface area contributed by atoms with Gasteiger partial charge in [0, 0.05) is 24.5 Å². The molecule has 0 saturated carbocycles. The minimum atomic E-state index is 0.450. The van der Waals surface area contributed by atoms with E-state index in [1.54, 1.807) is 0 Å². The summed E-state index contributed by atoms with van der Waals surface area (Å²) < 4.78 is 2.20. The van der Waals surface area contributed by atoms with Crippen molar-refractivity contribution in [3.05, 3.63) is 72.9 Å². The Morgan fingerprint density at radius 1 is 1.00 bits per heavy atom. The second kappa shape index (κ2) is 5.70. The van der Waals surface area contributed by atoms with E-state index in [0.717, 1.165) is 17.8 Å². The third-order valence-corrected chi connectivity index (χ3v) is 3.53. The summed E-state index contributed by atoms with van der Waals surface area (Å²) in [7, 11) is 0. The molecule has 1 unspecified atom stereocenters. The summed E-state index contributed by atoms with van der Waals surface area (Å²) in [6.45, 7) is 3.16. The van der Waals surface area contributed by atoms with Crippen molar-refractivity contribution in [2.45, 2.75) is 19.4 Å². The van der Waals surface area contributed by atoms with Gasteiger partial charge in [0.05, 0.1) is 18.2 Å². The van der Waals surface area contributed by atoms with Gasteiger partial charge in [0.1, 0.15) is 0 Å². The molecular weight excluding hydrogens is 246 g/mol. The molecule has 0 fully saturated rings. The molecule has 3 rings (SSSR count). The predicted molar refractivity (Wildman–Crippen MR) is 80.3 cm³/mol. The van der Waals surface area contributed by atoms with Crippen molar-refractivity contribution in [1.29, 1.82) is 0 Å². The average Bonchev–Trinajstić information content (AvgIpc) is 2.97. The van der Waals surface area contributed by atoms with Crippen LogP contribution in [0.4, 0.5) is 0 Å². The zero-order chi connectivity index (χ0) is 13.8. The molecule has 2 aromatic heterocycles. The van der Waals surface area contributed by atoms with Gasteiger partial charge in [-0.3, -0.25) is 4.98 Å². The predicted octanol–water partition coefficient (Wildman–Crippen LogP) is 3.75. The van der Waals surface area contributed by atoms with E-state index in [4.69, 9.17) is 0 Å². The van der Waals surface area contributed by atoms with Gasteiger partial charge in [-0.05, 0) is 23.6 Å². The van der Waals surface area contributed by atoms with E-state index in [0.29, 0.717) is 5.92 Å². The zero-order valence-electron chi connectivity index (χ0n) is 11.5. The molecule has 0 spiro atoms. The maximum absolute atomic E-state index is 4.29. The number of pyridine rings is 1. The Kier molecular flexibility index (Phi) is 3.59. The van der Waals surface area contributed by atoms with Crippen molar-refractivity contribution in [1.82, 2.24) is 14.5 Å². The Morgan fingerprint density at radius 2 is 1.75 bits per heavy atom. The quantitative estimate of drug-likeness (QED) is 0.717. The van der Waals surface area contributed by atoms with E-state index in [2.05, 4.69) is 51.8 Å². The lowest BCUT2D eigenvalue weighted by Gasteiger charge is -2.15. The molecule has 0 N–H and O–H groups in total. The lowest BCUT2D eigenvalue weighted by molar-refractivity contribution is 0.601. The fourth-order valence-electron chi connectivity index (χ4n) is 2.41. The maximum Gasteiger partial charge on any atom is 0.0951 e. The number of aromatic nitrogens is 3. The first kappa shape index (κ1) is 12.6. The summed E-state index contributed by atoms with van der Waals surface area (Å²) >= 11 is 0. The standard InChI is InChI=1S/C17H17N3/c1-14(15-5-3-2-4-6-15)12-20-13-19-11-17(20)16-7-9-18-10-8-16/h2-11,13-14H,12H2,1H3. The summed E-state index contributed by atoms with van der Waals surface area (Å²) in [4.78, 5) is 8.35. The number of imidazole rings is 1. The largest absolute Gasteiger partial charge is 0.330 e. The van der Waals surface area contributed by atoms with E-state index in [1.165, 1.54) is 5.56 Å². The van der Waals surface area contributed by atoms with Gasteiger partial charge in [0.15, 0.2) is 0 Å². The first-order valence-electron chi connectivity index (χ1n) is 6.80. The highest BCUT2D eigenvalue weighted by atomic mass is 15.0. The Morgan fingerprint density at radius 3 is 2.50 bits per heavy atom. The zero-order valence-corrected chi connectivity index (χ0v) is 11.5. The summed E-state index contributed by atoms with van der Waals surface area (Å²) in [5.41, 5.74) is 3.63. The van der Waals surface area contributed by atoms with Crippen molar-refractivity contribution in [3.63, 3.8) is 0 Å². The number of benzene rings is 1. The van der Waals surface area contributed by atoms with Crippen LogP contribution in [0, 0.1) is 0 Å². The highest BCUT2D eigenvalue weighted by Gasteiger charge is 2.10. The molecule has 0 bridgehead atoms. The second-order valence-corrected chi connectivity index (χ2v) is 4.98. The minimum Gasteiger partial charge on any atom is -0.330 e. The molecule has 1 atom stereocenters. The number of hydrogen-bond acceptors (Lipinski definition) is 2. The van der Waals surface area contributed by atoms with Crippen LogP contribution in [0.2, 0.25) is 0 Å². The topological polar surface area (TPSA) is 30.7 Å². The highest BCUT2D eigenvalue weighted by molar-refractivity contribution is 5.57. The Labute approximate surface area is 118 Å². The number of hydrogen-bond donors (Lipinski definition) is 0. The summed E-state index contributed by atoms with van der Waals surface area (Å²) in [6.07, 6.45) is 7.43. The van der Waals surface area contributed by atoms with Gasteiger partial charge < -0.3 is 4.57 Å². The summed E-state index contributed by atoms with van der Waals surface area (Å²) in [5.74, 6) is 0.450. The fourth-order valence-corrected chi connectivity index (χ4v) is 2.41. The Hall–Kier alpha value is -2.42. The molecule has 3 aromatic rings. The molecule has 0 aliphatic heterocycles. The summed E-state index contributed by atoms with van der Waals surface area (Å²) in [5, 5.41) is 0. The van der Waals surface area contributed by atoms with Gasteiger partial charge in [-0.15, -0.1) is 0 Å². The van der Waals surface area contributed by atoms with Gasteiger partial charge in [-0.25, -0.2) is 4.98 Å². The molecule has 0 amide bonds. The molecule has 2 heterocycles. The van der Waals surface area contributed by atoms with Crippen LogP contribution in [-0.4, -0.2) is 14.5 Å². The van der Waals surface area contributed by atoms with Crippen molar-refractivity contribution in [2.75, 3.05) is 0 Å². The maximum atomic E-state index is 4.29. The molecule has 3 heteroatoms. The van der Waals surface area contributed by atoms with E-state index in [9.17, 15) is 0 Å². The molecule has 20 heavy (non-hydrogen) atoms. The SMILES string of the molecule is CC(Cn1cncc1-c1ccncc1)c1ccccc1. The van der Waals surface area contributed by atoms with Crippen molar-refractivity contribution >= 4 is 0 Å². The monoisotopic (exact) mass is 263 g/mol. The first-order valence-corrected chi connectivity index (χ1v) is 6.80. The fraction of sp³-hybridized carbons (Fsp3) is 0.176. The minimum absolute atomic E-state index is 0.450. The van der Waals surface area contributed by atoms with E-state index in [1.807, 2.05) is 37.1 Å². The van der Waals surface area contributed by atoms with Crippen molar-refractivity contribution in [3.8, 4) is 11.3 Å². The van der Waals surface area contributed by atoms with Crippen LogP contribution in [0.1, 0.15) is 18.4 Å². The van der Waals surface area contributed by atoms with Gasteiger partial charge in [-0.2, -0.15) is 0 Å². The Balaban J connectivity index is 1.84. The highest BCUT2D eigenvalue weighted by Crippen LogP contribution is 2.22. The van der Waals surface area contributed by atoms with Gasteiger partial charge in [-0.1, -0.05) is 37.3 Å². The molecule has 0 aliphatic rings. The third-order valence-electron chi connectivity index (χ3n) is 3.53. The third kappa shape index (κ3) is 2.62. The Bertz CT molecular complexity index is 659. The molecule has 1 aromatic carbocycles. The average molecular weight is 263 g/mol. The lowest BCUT2D eigenvalue weighted by atomic mass is 10.0. The number of nitrogens with zero attached hydrogens (tertiary/aromatic N) is 3. The van der Waals surface area contributed by atoms with Gasteiger partial charge in [0.25, 0.3) is 0 Å². The van der Waals surface area contributed by atoms with E-state index < -0.39 is 0 Å². The van der Waals surface area contributed by atoms with Crippen LogP contribution in [0.15, 0.2) is 67.4 Å². The molecule has 0 aliphatic carbocycles. The smallest absolute Gasteiger partial charge is 0.0951 e. The van der Waals surface area contributed by atoms with Crippen LogP contribution in [0.25, 0.3) is 11.3 Å². The van der Waals surface area contributed by atoms with Crippen LogP contribution in [0.5, 0.6) is 0 Å². The molecule has 0 saturated heterocycles. The molecule has 100 valence electrons. The number of rotatable bonds is 4. The van der Waals surface area contributed by atoms with Crippen molar-refractivity contribution < 1.29 is 0 Å². The van der Waals surface area contributed by atoms with Crippen LogP contribution in [-0.2, 0) is 6.54 Å². The van der Waals surface area contributed by atoms with Crippen LogP contribution in [0.3, 0.4) is 0 Å². The summed E-state index contributed by atoms with van der Waals surface area (Å²) in [6, 6.07) is 14.6. The van der Waals surface area contributed by atoms with Crippen molar-refractivity contribution in [2.24, 2.45) is 0 Å². The second-order valence-electron chi connectivity index (χ2n) is 4.98. The molecule has 3 nitrogen and oxygen atoms in total. The van der Waals surface area contributed by atoms with Gasteiger partial charge >= 0.3 is 0 Å². The first-order chi connectivity index (χ1) is 9.84. The van der Waals surface area contributed by atoms with Crippen LogP contribution >= 0.6 is 0 Å². The molecular formula is C17H17N3. The van der Waals surface area contributed by atoms with E-state index >= 15 is 0 Å².